The molecule has 4 heterocycles. The Balaban J connectivity index is 1.41. The molecule has 2 amide bonds. The van der Waals surface area contributed by atoms with Crippen LogP contribution in [0.2, 0.25) is 5.02 Å². The van der Waals surface area contributed by atoms with Crippen LogP contribution >= 0.6 is 11.6 Å². The minimum absolute atomic E-state index is 0.0414. The second kappa shape index (κ2) is 8.67. The number of nitrogens with zero attached hydrogens (tertiary/aromatic N) is 4. The summed E-state index contributed by atoms with van der Waals surface area (Å²) in [7, 11) is 1.53. The van der Waals surface area contributed by atoms with Crippen molar-refractivity contribution in [2.75, 3.05) is 20.2 Å². The summed E-state index contributed by atoms with van der Waals surface area (Å²) in [6.07, 6.45) is 4.33. The van der Waals surface area contributed by atoms with Gasteiger partial charge in [-0.3, -0.25) is 14.6 Å². The number of fused-ring (bicyclic) bond motifs is 2. The smallest absolute Gasteiger partial charge is 0.254 e. The Hall–Kier alpha value is -3.13. The van der Waals surface area contributed by atoms with Crippen molar-refractivity contribution in [3.63, 3.8) is 0 Å². The first-order valence-corrected chi connectivity index (χ1v) is 11.6. The van der Waals surface area contributed by atoms with Crippen LogP contribution in [0, 0.1) is 0 Å². The molecule has 2 fully saturated rings. The average Bonchev–Trinajstić information content (AvgIpc) is 3.21. The van der Waals surface area contributed by atoms with E-state index in [4.69, 9.17) is 20.8 Å². The third-order valence-electron chi connectivity index (χ3n) is 6.48. The average molecular weight is 469 g/mol. The number of halogens is 1. The number of benzene rings is 1. The highest BCUT2D eigenvalue weighted by atomic mass is 35.5. The first-order chi connectivity index (χ1) is 16.0. The normalized spacial score (nSPS) is 20.0. The highest BCUT2D eigenvalue weighted by Crippen LogP contribution is 2.32. The van der Waals surface area contributed by atoms with Gasteiger partial charge in [0.2, 0.25) is 5.91 Å². The van der Waals surface area contributed by atoms with Gasteiger partial charge in [0.15, 0.2) is 17.2 Å². The summed E-state index contributed by atoms with van der Waals surface area (Å²) in [5.74, 6) is 0.825. The molecule has 2 aromatic heterocycles. The van der Waals surface area contributed by atoms with Crippen molar-refractivity contribution in [3.05, 3.63) is 52.6 Å². The number of carbonyl (C=O) groups is 2. The number of methoxy groups -OCH3 is 1. The summed E-state index contributed by atoms with van der Waals surface area (Å²) in [5, 5.41) is 0.633. The minimum atomic E-state index is -0.436. The first kappa shape index (κ1) is 21.7. The van der Waals surface area contributed by atoms with Gasteiger partial charge < -0.3 is 19.0 Å². The number of ether oxygens (including phenoxy) is 1. The molecule has 0 saturated carbocycles. The Bertz CT molecular complexity index is 1230. The number of amides is 2. The molecule has 0 N–H and O–H groups in total. The molecule has 9 heteroatoms. The van der Waals surface area contributed by atoms with E-state index >= 15 is 0 Å². The highest BCUT2D eigenvalue weighted by molar-refractivity contribution is 6.30. The van der Waals surface area contributed by atoms with Gasteiger partial charge in [0.25, 0.3) is 5.91 Å². The van der Waals surface area contributed by atoms with Gasteiger partial charge in [-0.2, -0.15) is 0 Å². The molecule has 8 nitrogen and oxygen atoms in total. The van der Waals surface area contributed by atoms with E-state index in [1.807, 2.05) is 17.9 Å². The molecule has 2 atom stereocenters. The number of piperazine rings is 1. The molecule has 0 radical (unpaired) electrons. The molecule has 2 aliphatic heterocycles. The van der Waals surface area contributed by atoms with Crippen LogP contribution < -0.4 is 4.74 Å². The van der Waals surface area contributed by atoms with Crippen molar-refractivity contribution in [2.45, 2.75) is 44.7 Å². The second-order valence-electron chi connectivity index (χ2n) is 8.46. The Morgan fingerprint density at radius 3 is 2.85 bits per heavy atom. The fourth-order valence-electron chi connectivity index (χ4n) is 4.64. The summed E-state index contributed by atoms with van der Waals surface area (Å²) in [4.78, 5) is 38.7. The number of rotatable bonds is 6. The quantitative estimate of drug-likeness (QED) is 0.550. The molecular formula is C24H25ClN4O4. The van der Waals surface area contributed by atoms with Gasteiger partial charge in [-0.15, -0.1) is 0 Å². The molecule has 3 aromatic rings. The van der Waals surface area contributed by atoms with Gasteiger partial charge in [-0.05, 0) is 43.5 Å². The largest absolute Gasteiger partial charge is 0.493 e. The van der Waals surface area contributed by atoms with Gasteiger partial charge in [0.05, 0.1) is 13.2 Å². The monoisotopic (exact) mass is 468 g/mol. The predicted molar refractivity (Wildman–Crippen MR) is 122 cm³/mol. The van der Waals surface area contributed by atoms with Crippen LogP contribution in [0.15, 0.2) is 34.9 Å². The number of aromatic nitrogens is 2. The van der Waals surface area contributed by atoms with Gasteiger partial charge >= 0.3 is 0 Å². The fraction of sp³-hybridized carbons (Fsp3) is 0.417. The molecule has 172 valence electrons. The Morgan fingerprint density at radius 2 is 2.15 bits per heavy atom. The summed E-state index contributed by atoms with van der Waals surface area (Å²) in [5.41, 5.74) is 2.33. The zero-order chi connectivity index (χ0) is 23.1. The van der Waals surface area contributed by atoms with E-state index in [0.717, 1.165) is 18.7 Å². The maximum atomic E-state index is 13.5. The molecule has 2 unspecified atom stereocenters. The molecule has 0 bridgehead atoms. The van der Waals surface area contributed by atoms with Crippen LogP contribution in [0.1, 0.15) is 41.7 Å². The van der Waals surface area contributed by atoms with Crippen molar-refractivity contribution in [3.8, 4) is 5.75 Å². The molecule has 1 aromatic carbocycles. The van der Waals surface area contributed by atoms with Crippen LogP contribution in [-0.2, 0) is 17.6 Å². The van der Waals surface area contributed by atoms with E-state index in [1.54, 1.807) is 29.3 Å². The number of hydrogen-bond donors (Lipinski definition) is 0. The first-order valence-electron chi connectivity index (χ1n) is 11.2. The number of hydrogen-bond acceptors (Lipinski definition) is 6. The molecule has 0 spiro atoms. The van der Waals surface area contributed by atoms with Crippen molar-refractivity contribution in [2.24, 2.45) is 0 Å². The van der Waals surface area contributed by atoms with Crippen LogP contribution in [-0.4, -0.2) is 63.9 Å². The lowest BCUT2D eigenvalue weighted by atomic mass is 9.93. The van der Waals surface area contributed by atoms with Crippen LogP contribution in [0.3, 0.4) is 0 Å². The lowest BCUT2D eigenvalue weighted by Crippen LogP contribution is -2.68. The van der Waals surface area contributed by atoms with E-state index in [-0.39, 0.29) is 17.9 Å². The number of pyridine rings is 1. The summed E-state index contributed by atoms with van der Waals surface area (Å²) in [6, 6.07) is 6.62. The van der Waals surface area contributed by atoms with E-state index in [2.05, 4.69) is 9.97 Å². The molecule has 33 heavy (non-hydrogen) atoms. The summed E-state index contributed by atoms with van der Waals surface area (Å²) in [6.45, 7) is 3.28. The molecule has 0 aliphatic carbocycles. The third-order valence-corrected chi connectivity index (χ3v) is 6.72. The molecular weight excluding hydrogens is 444 g/mol. The molecule has 2 aliphatic rings. The van der Waals surface area contributed by atoms with Crippen molar-refractivity contribution >= 4 is 34.5 Å². The van der Waals surface area contributed by atoms with Crippen LogP contribution in [0.5, 0.6) is 5.75 Å². The van der Waals surface area contributed by atoms with E-state index < -0.39 is 6.04 Å². The highest BCUT2D eigenvalue weighted by Gasteiger charge is 2.45. The Kier molecular flexibility index (Phi) is 5.70. The van der Waals surface area contributed by atoms with Crippen molar-refractivity contribution in [1.29, 1.82) is 0 Å². The molecule has 2 saturated heterocycles. The van der Waals surface area contributed by atoms with E-state index in [0.29, 0.717) is 59.1 Å². The van der Waals surface area contributed by atoms with Gasteiger partial charge in [-0.25, -0.2) is 4.98 Å². The van der Waals surface area contributed by atoms with Crippen molar-refractivity contribution in [1.82, 2.24) is 19.8 Å². The SMILES string of the molecule is CCC1C(=O)N2CCC2CN1C(=O)c1cc(OC)c2oc(CCc3cc(Cl)ccn3)nc2c1. The maximum absolute atomic E-state index is 13.5. The van der Waals surface area contributed by atoms with Gasteiger partial charge in [-0.1, -0.05) is 18.5 Å². The van der Waals surface area contributed by atoms with Crippen LogP contribution in [0.4, 0.5) is 0 Å². The third kappa shape index (κ3) is 3.93. The second-order valence-corrected chi connectivity index (χ2v) is 8.89. The van der Waals surface area contributed by atoms with Crippen molar-refractivity contribution < 1.29 is 18.7 Å². The Labute approximate surface area is 196 Å². The standard InChI is InChI=1S/C24H25ClN4O4/c1-3-19-24(31)28-9-7-17(28)13-29(19)23(30)14-10-18-22(20(11-14)32-2)33-21(27-18)5-4-16-12-15(25)6-8-26-16/h6,8,10-12,17,19H,3-5,7,9,13H2,1-2H3. The van der Waals surface area contributed by atoms with Crippen LogP contribution in [0.25, 0.3) is 11.1 Å². The lowest BCUT2D eigenvalue weighted by Gasteiger charge is -2.51. The minimum Gasteiger partial charge on any atom is -0.493 e. The predicted octanol–water partition coefficient (Wildman–Crippen LogP) is 3.51. The van der Waals surface area contributed by atoms with Gasteiger partial charge in [0.1, 0.15) is 11.6 Å². The lowest BCUT2D eigenvalue weighted by molar-refractivity contribution is -0.151. The fourth-order valence-corrected chi connectivity index (χ4v) is 4.82. The van der Waals surface area contributed by atoms with E-state index in [9.17, 15) is 9.59 Å². The number of carbonyl (C=O) groups excluding carboxylic acids is 2. The van der Waals surface area contributed by atoms with Gasteiger partial charge in [0, 0.05) is 42.0 Å². The number of oxazole rings is 1. The Morgan fingerprint density at radius 1 is 1.30 bits per heavy atom. The zero-order valence-corrected chi connectivity index (χ0v) is 19.3. The molecule has 5 rings (SSSR count). The summed E-state index contributed by atoms with van der Waals surface area (Å²) < 4.78 is 11.5. The number of aryl methyl sites for hydroxylation is 2. The summed E-state index contributed by atoms with van der Waals surface area (Å²) >= 11 is 6.04. The topological polar surface area (TPSA) is 88.8 Å². The zero-order valence-electron chi connectivity index (χ0n) is 18.6. The van der Waals surface area contributed by atoms with E-state index in [1.165, 1.54) is 7.11 Å². The maximum Gasteiger partial charge on any atom is 0.254 e.